The number of nitrogens with zero attached hydrogens (tertiary/aromatic N) is 3. The van der Waals surface area contributed by atoms with E-state index in [4.69, 9.17) is 4.74 Å². The highest BCUT2D eigenvalue weighted by Gasteiger charge is 2.51. The lowest BCUT2D eigenvalue weighted by atomic mass is 9.81. The smallest absolute Gasteiger partial charge is 0.334 e. The Morgan fingerprint density at radius 3 is 2.41 bits per heavy atom. The van der Waals surface area contributed by atoms with Gasteiger partial charge in [-0.15, -0.1) is 0 Å². The summed E-state index contributed by atoms with van der Waals surface area (Å²) in [6, 6.07) is 15.5. The molecule has 2 aliphatic rings. The van der Waals surface area contributed by atoms with Gasteiger partial charge in [-0.25, -0.2) is 14.8 Å². The molecule has 2 heterocycles. The molecule has 37 heavy (non-hydrogen) atoms. The second kappa shape index (κ2) is 11.4. The van der Waals surface area contributed by atoms with Crippen LogP contribution in [0.3, 0.4) is 0 Å². The number of ether oxygens (including phenoxy) is 1. The molecule has 0 aliphatic carbocycles. The van der Waals surface area contributed by atoms with E-state index in [0.717, 1.165) is 11.1 Å². The Bertz CT molecular complexity index is 1140. The van der Waals surface area contributed by atoms with Crippen molar-refractivity contribution in [2.75, 3.05) is 20.7 Å². The van der Waals surface area contributed by atoms with Crippen molar-refractivity contribution in [1.29, 1.82) is 0 Å². The predicted molar refractivity (Wildman–Crippen MR) is 134 cm³/mol. The molecule has 0 radical (unpaired) electrons. The van der Waals surface area contributed by atoms with Gasteiger partial charge in [-0.2, -0.15) is 0 Å². The van der Waals surface area contributed by atoms with Gasteiger partial charge in [-0.05, 0) is 42.5 Å². The number of aryl methyl sites for hydroxylation is 1. The van der Waals surface area contributed by atoms with Crippen LogP contribution in [0.2, 0.25) is 0 Å². The van der Waals surface area contributed by atoms with Crippen LogP contribution in [0.1, 0.15) is 30.4 Å². The van der Waals surface area contributed by atoms with Gasteiger partial charge in [0.25, 0.3) is 0 Å². The van der Waals surface area contributed by atoms with E-state index in [1.807, 2.05) is 42.5 Å². The van der Waals surface area contributed by atoms with Gasteiger partial charge in [0.05, 0.1) is 20.1 Å². The Morgan fingerprint density at radius 2 is 1.76 bits per heavy atom. The number of carboxylic acids is 1. The number of likely N-dealkylation sites (N-methyl/N-ethyl adjacent to an activating group) is 1. The molecule has 2 aromatic carbocycles. The number of rotatable bonds is 8. The SMILES string of the molecule is COc1ccc(CNC(=O)N2[C@H]3CC(CCc4ccccc4)C(=O)[C@H](CC(=O)O)N3C(=O)CN2C)cc1. The molecule has 0 spiro atoms. The molecule has 2 N–H and O–H groups in total. The van der Waals surface area contributed by atoms with Crippen molar-refractivity contribution >= 4 is 23.7 Å². The Morgan fingerprint density at radius 1 is 1.05 bits per heavy atom. The number of hydrazine groups is 1. The van der Waals surface area contributed by atoms with Gasteiger partial charge in [0.2, 0.25) is 5.91 Å². The number of fused-ring (bicyclic) bond motifs is 1. The molecule has 0 saturated carbocycles. The van der Waals surface area contributed by atoms with Crippen LogP contribution in [0.5, 0.6) is 5.75 Å². The summed E-state index contributed by atoms with van der Waals surface area (Å²) in [5.74, 6) is -1.57. The largest absolute Gasteiger partial charge is 0.497 e. The molecule has 196 valence electrons. The number of urea groups is 1. The fourth-order valence-electron chi connectivity index (χ4n) is 5.14. The van der Waals surface area contributed by atoms with Crippen LogP contribution in [0.15, 0.2) is 54.6 Å². The number of hydrogen-bond donors (Lipinski definition) is 2. The molecule has 4 rings (SSSR count). The molecule has 0 aromatic heterocycles. The summed E-state index contributed by atoms with van der Waals surface area (Å²) in [7, 11) is 3.22. The lowest BCUT2D eigenvalue weighted by Gasteiger charge is -2.53. The minimum Gasteiger partial charge on any atom is -0.497 e. The number of piperidine rings is 1. The number of methoxy groups -OCH3 is 1. The normalized spacial score (nSPS) is 21.9. The zero-order valence-corrected chi connectivity index (χ0v) is 21.0. The quantitative estimate of drug-likeness (QED) is 0.562. The van der Waals surface area contributed by atoms with Crippen molar-refractivity contribution in [1.82, 2.24) is 20.2 Å². The number of amides is 3. The fraction of sp³-hybridized carbons (Fsp3) is 0.407. The van der Waals surface area contributed by atoms with Crippen LogP contribution in [0, 0.1) is 5.92 Å². The van der Waals surface area contributed by atoms with Gasteiger partial charge in [0.15, 0.2) is 5.78 Å². The molecule has 10 heteroatoms. The fourth-order valence-corrected chi connectivity index (χ4v) is 5.14. The van der Waals surface area contributed by atoms with Gasteiger partial charge >= 0.3 is 12.0 Å². The monoisotopic (exact) mass is 508 g/mol. The summed E-state index contributed by atoms with van der Waals surface area (Å²) in [5, 5.41) is 15.4. The van der Waals surface area contributed by atoms with E-state index < -0.39 is 36.5 Å². The van der Waals surface area contributed by atoms with Crippen molar-refractivity contribution in [2.24, 2.45) is 5.92 Å². The minimum absolute atomic E-state index is 0.134. The van der Waals surface area contributed by atoms with Crippen LogP contribution in [0.4, 0.5) is 4.79 Å². The zero-order chi connectivity index (χ0) is 26.5. The van der Waals surface area contributed by atoms with Crippen LogP contribution in [-0.2, 0) is 27.3 Å². The molecule has 3 amide bonds. The third kappa shape index (κ3) is 5.91. The van der Waals surface area contributed by atoms with Crippen molar-refractivity contribution in [2.45, 2.75) is 44.4 Å². The summed E-state index contributed by atoms with van der Waals surface area (Å²) in [6.45, 7) is 0.118. The van der Waals surface area contributed by atoms with E-state index in [9.17, 15) is 24.3 Å². The number of carbonyl (C=O) groups is 4. The lowest BCUT2D eigenvalue weighted by Crippen LogP contribution is -2.72. The van der Waals surface area contributed by atoms with Gasteiger partial charge in [0, 0.05) is 19.5 Å². The Balaban J connectivity index is 1.55. The van der Waals surface area contributed by atoms with Gasteiger partial charge in [-0.3, -0.25) is 14.4 Å². The summed E-state index contributed by atoms with van der Waals surface area (Å²) >= 11 is 0. The first-order valence-electron chi connectivity index (χ1n) is 12.3. The Hall–Kier alpha value is -3.92. The number of aliphatic carboxylic acids is 1. The summed E-state index contributed by atoms with van der Waals surface area (Å²) in [6.07, 6.45) is 0.131. The lowest BCUT2D eigenvalue weighted by molar-refractivity contribution is -0.183. The molecule has 3 atom stereocenters. The molecular formula is C27H32N4O6. The third-order valence-electron chi connectivity index (χ3n) is 6.99. The molecule has 1 unspecified atom stereocenters. The van der Waals surface area contributed by atoms with Gasteiger partial charge < -0.3 is 20.1 Å². The first-order valence-corrected chi connectivity index (χ1v) is 12.3. The molecule has 2 aliphatic heterocycles. The van der Waals surface area contributed by atoms with E-state index in [1.165, 1.54) is 14.9 Å². The maximum atomic E-state index is 13.4. The highest BCUT2D eigenvalue weighted by Crippen LogP contribution is 2.34. The highest BCUT2D eigenvalue weighted by atomic mass is 16.5. The third-order valence-corrected chi connectivity index (χ3v) is 6.99. The van der Waals surface area contributed by atoms with Crippen LogP contribution in [-0.4, -0.2) is 76.6 Å². The number of benzene rings is 2. The van der Waals surface area contributed by atoms with Crippen molar-refractivity contribution in [3.05, 3.63) is 65.7 Å². The summed E-state index contributed by atoms with van der Waals surface area (Å²) in [4.78, 5) is 52.8. The molecule has 10 nitrogen and oxygen atoms in total. The average Bonchev–Trinajstić information content (AvgIpc) is 2.88. The topological polar surface area (TPSA) is 119 Å². The number of carboxylic acid groups (broad SMARTS) is 1. The Kier molecular flexibility index (Phi) is 8.08. The van der Waals surface area contributed by atoms with E-state index in [0.29, 0.717) is 18.6 Å². The van der Waals surface area contributed by atoms with Gasteiger partial charge in [0.1, 0.15) is 18.0 Å². The second-order valence-electron chi connectivity index (χ2n) is 9.42. The first-order chi connectivity index (χ1) is 17.8. The van der Waals surface area contributed by atoms with Crippen LogP contribution in [0.25, 0.3) is 0 Å². The number of hydrogen-bond acceptors (Lipinski definition) is 6. The number of Topliss-reactive ketones (excluding diaryl/α,β-unsaturated/α-hetero) is 1. The highest BCUT2D eigenvalue weighted by molar-refractivity contribution is 5.96. The molecule has 2 aromatic rings. The molecule has 0 bridgehead atoms. The van der Waals surface area contributed by atoms with E-state index in [-0.39, 0.29) is 31.2 Å². The van der Waals surface area contributed by atoms with Crippen molar-refractivity contribution in [3.63, 3.8) is 0 Å². The number of ketones is 1. The van der Waals surface area contributed by atoms with Crippen molar-refractivity contribution < 1.29 is 29.0 Å². The maximum Gasteiger partial charge on any atom is 0.334 e. The summed E-state index contributed by atoms with van der Waals surface area (Å²) in [5.41, 5.74) is 1.93. The number of nitrogens with one attached hydrogen (secondary N) is 1. The summed E-state index contributed by atoms with van der Waals surface area (Å²) < 4.78 is 5.17. The standard InChI is InChI=1S/C27H32N4O6/c1-29-17-24(32)30-22(15-25(33)34)26(35)20(11-8-18-6-4-3-5-7-18)14-23(30)31(29)27(36)28-16-19-9-12-21(37-2)13-10-19/h3-7,9-10,12-13,20,22-23H,8,11,14-17H2,1-2H3,(H,28,36)(H,33,34)/t20?,22-,23-/m0/s1. The van der Waals surface area contributed by atoms with Gasteiger partial charge in [-0.1, -0.05) is 42.5 Å². The van der Waals surface area contributed by atoms with Crippen LogP contribution >= 0.6 is 0 Å². The van der Waals surface area contributed by atoms with E-state index in [2.05, 4.69) is 5.32 Å². The second-order valence-corrected chi connectivity index (χ2v) is 9.42. The first kappa shape index (κ1) is 26.2. The van der Waals surface area contributed by atoms with E-state index >= 15 is 0 Å². The van der Waals surface area contributed by atoms with E-state index in [1.54, 1.807) is 26.3 Å². The minimum atomic E-state index is -1.16. The molecule has 2 saturated heterocycles. The van der Waals surface area contributed by atoms with Crippen LogP contribution < -0.4 is 10.1 Å². The zero-order valence-electron chi connectivity index (χ0n) is 21.0. The predicted octanol–water partition coefficient (Wildman–Crippen LogP) is 2.29. The average molecular weight is 509 g/mol. The molecular weight excluding hydrogens is 476 g/mol. The van der Waals surface area contributed by atoms with Crippen molar-refractivity contribution in [3.8, 4) is 5.75 Å². The molecule has 2 fully saturated rings. The maximum absolute atomic E-state index is 13.4. The number of carbonyl (C=O) groups excluding carboxylic acids is 3. The Labute approximate surface area is 215 Å².